The van der Waals surface area contributed by atoms with Gasteiger partial charge in [-0.3, -0.25) is 0 Å². The monoisotopic (exact) mass is 1440 g/mol. The van der Waals surface area contributed by atoms with E-state index in [2.05, 4.69) is 285 Å². The zero-order valence-electron chi connectivity index (χ0n) is 62.9. The third kappa shape index (κ3) is 14.0. The molecule has 16 nitrogen and oxygen atoms in total. The van der Waals surface area contributed by atoms with Gasteiger partial charge in [-0.1, -0.05) is 178 Å². The molecule has 4 aromatic heterocycles. The maximum absolute atomic E-state index is 7.51. The highest BCUT2D eigenvalue weighted by Gasteiger charge is 2.43. The predicted molar refractivity (Wildman–Crippen MR) is 414 cm³/mol. The van der Waals surface area contributed by atoms with Crippen LogP contribution in [0.25, 0.3) is 22.7 Å². The molecule has 12 aromatic rings. The lowest BCUT2D eigenvalue weighted by atomic mass is 9.74. The summed E-state index contributed by atoms with van der Waals surface area (Å²) in [5.41, 5.74) is 17.2. The van der Waals surface area contributed by atoms with Crippen molar-refractivity contribution in [1.29, 1.82) is 0 Å². The Hall–Kier alpha value is -11.0. The molecular weight excluding hydrogens is 1350 g/mol. The van der Waals surface area contributed by atoms with Crippen molar-refractivity contribution in [3.63, 3.8) is 0 Å². The van der Waals surface area contributed by atoms with E-state index in [1.165, 1.54) is 0 Å². The Bertz CT molecular complexity index is 4360. The van der Waals surface area contributed by atoms with Gasteiger partial charge in [-0.05, 0) is 98.5 Å². The third-order valence-electron chi connectivity index (χ3n) is 22.9. The molecule has 17 rings (SSSR count). The number of unbranched alkanes of at least 4 members (excludes halogenated alkanes) is 8. The first-order chi connectivity index (χ1) is 53.4. The van der Waals surface area contributed by atoms with Crippen molar-refractivity contribution >= 4 is 0 Å². The van der Waals surface area contributed by atoms with E-state index < -0.39 is 0 Å². The molecular formula is C92H100N8O8+4. The average Bonchev–Trinajstić information content (AvgIpc) is 0.893. The fraction of sp³-hybridized carbons (Fsp3) is 0.348. The van der Waals surface area contributed by atoms with Gasteiger partial charge in [-0.15, -0.1) is 0 Å². The zero-order valence-corrected chi connectivity index (χ0v) is 62.9. The number of para-hydroxylation sites is 4. The molecule has 4 aliphatic heterocycles. The maximum atomic E-state index is 7.51. The quantitative estimate of drug-likeness (QED) is 0.0352. The highest BCUT2D eigenvalue weighted by Crippen LogP contribution is 2.59. The number of benzene rings is 8. The van der Waals surface area contributed by atoms with Crippen LogP contribution in [0.2, 0.25) is 0 Å². The largest absolute Gasteiger partial charge is 0.457 e. The van der Waals surface area contributed by atoms with Gasteiger partial charge in [-0.2, -0.15) is 0 Å². The summed E-state index contributed by atoms with van der Waals surface area (Å²) in [6.45, 7) is 10.8. The van der Waals surface area contributed by atoms with E-state index in [1.54, 1.807) is 0 Å². The second-order valence-electron chi connectivity index (χ2n) is 29.9. The lowest BCUT2D eigenvalue weighted by Gasteiger charge is -2.37. The van der Waals surface area contributed by atoms with Crippen LogP contribution in [0.15, 0.2) is 220 Å². The molecule has 0 saturated carbocycles. The minimum absolute atomic E-state index is 0.0685. The first kappa shape index (κ1) is 70.0. The van der Waals surface area contributed by atoms with E-state index in [1.807, 2.05) is 0 Å². The number of nitrogens with zero attached hydrogens (tertiary/aromatic N) is 8. The van der Waals surface area contributed by atoms with Gasteiger partial charge in [0.2, 0.25) is 52.5 Å². The van der Waals surface area contributed by atoms with Crippen molar-refractivity contribution in [2.24, 2.45) is 0 Å². The minimum Gasteiger partial charge on any atom is -0.457 e. The van der Waals surface area contributed by atoms with Crippen LogP contribution in [0.3, 0.4) is 0 Å². The fourth-order valence-corrected chi connectivity index (χ4v) is 17.6. The summed E-state index contributed by atoms with van der Waals surface area (Å²) >= 11 is 0. The van der Waals surface area contributed by atoms with Crippen molar-refractivity contribution < 1.29 is 56.2 Å². The molecule has 16 heteroatoms. The molecule has 552 valence electrons. The van der Waals surface area contributed by atoms with Crippen LogP contribution in [-0.2, 0) is 26.2 Å². The van der Waals surface area contributed by atoms with E-state index in [0.29, 0.717) is 26.2 Å². The van der Waals surface area contributed by atoms with Crippen LogP contribution < -0.4 is 56.2 Å². The lowest BCUT2D eigenvalue weighted by molar-refractivity contribution is -0.687. The molecule has 0 N–H and O–H groups in total. The van der Waals surface area contributed by atoms with Gasteiger partial charge in [-0.25, -0.2) is 36.5 Å². The Kier molecular flexibility index (Phi) is 20.6. The molecule has 0 radical (unpaired) electrons. The molecule has 0 saturated heterocycles. The summed E-state index contributed by atoms with van der Waals surface area (Å²) in [6.07, 6.45) is 41.6. The standard InChI is InChI=1S/C92H100N8O8/c1-5-9-17-37-69-73-49-75-70(38-18-10-6-2)77-51-79-72(40-20-12-8-4)80-52-78-71(39-19-11-7-3)76-50-74(69)86-82(54-94-42-46-98(58-94)66-31-23-14-24-32-66)88(76)104-63-106-90(78)84(56-96-44-48-100(60-96)68-35-27-16-28-36-68)92(80)108-64-107-91(79)83(55-95-43-47-99(59-95)67-33-25-15-26-34-67)89(77)105-62-103-87(75)81(85(73)101-61-102-86)53-93-41-45-97(57-93)65-29-21-13-22-30-65/h13-16,21-36,41-52,57-60,69-72H,5-12,17-20,37-40,53-56,61-64H2,1-4H3/q+4. The van der Waals surface area contributed by atoms with Crippen LogP contribution in [-0.4, -0.2) is 45.4 Å². The number of imidazole rings is 4. The Morgan fingerprint density at radius 2 is 0.463 bits per heavy atom. The zero-order chi connectivity index (χ0) is 72.9. The molecule has 1 aliphatic carbocycles. The van der Waals surface area contributed by atoms with Crippen LogP contribution in [0.1, 0.15) is 221 Å². The Morgan fingerprint density at radius 1 is 0.269 bits per heavy atom. The molecule has 8 bridgehead atoms. The molecule has 108 heavy (non-hydrogen) atoms. The first-order valence-electron chi connectivity index (χ1n) is 39.7. The summed E-state index contributed by atoms with van der Waals surface area (Å²) in [5, 5.41) is 0. The molecule has 0 unspecified atom stereocenters. The Morgan fingerprint density at radius 3 is 0.648 bits per heavy atom. The van der Waals surface area contributed by atoms with Gasteiger partial charge in [0.15, 0.2) is 0 Å². The highest BCUT2D eigenvalue weighted by atomic mass is 16.7. The summed E-state index contributed by atoms with van der Waals surface area (Å²) in [4.78, 5) is 0. The molecule has 0 fully saturated rings. The summed E-state index contributed by atoms with van der Waals surface area (Å²) in [7, 11) is 0. The number of aromatic nitrogens is 8. The SMILES string of the molecule is CCCCCC1c2cc3c4c(C[n+]5ccn(-c6ccccc6)c5)c2OCOc2c1cc1c(c2C[n+]2ccn(-c5ccccc5)c2)OCOc2c(cc5c(c2C[n+]2ccn(-c6ccccc6)c2)OCOc2c(cc(c(c2C[n+]2ccn(-c6ccccc6)c2)OCO4)C3CCCCC)C5CCCCC)C1CCCCC. The molecule has 8 heterocycles. The first-order valence-corrected chi connectivity index (χ1v) is 39.7. The Labute approximate surface area is 634 Å². The lowest BCUT2D eigenvalue weighted by Crippen LogP contribution is -2.35. The molecule has 5 aliphatic rings. The van der Waals surface area contributed by atoms with Crippen molar-refractivity contribution in [2.45, 2.75) is 180 Å². The topological polar surface area (TPSA) is 109 Å². The van der Waals surface area contributed by atoms with E-state index in [9.17, 15) is 0 Å². The van der Waals surface area contributed by atoms with E-state index in [-0.39, 0.29) is 50.8 Å². The van der Waals surface area contributed by atoms with Gasteiger partial charge < -0.3 is 37.9 Å². The van der Waals surface area contributed by atoms with E-state index in [4.69, 9.17) is 37.9 Å². The Balaban J connectivity index is 0.995. The summed E-state index contributed by atoms with van der Waals surface area (Å²) in [6, 6.07) is 52.4. The van der Waals surface area contributed by atoms with Gasteiger partial charge >= 0.3 is 0 Å². The minimum atomic E-state index is -0.219. The second-order valence-corrected chi connectivity index (χ2v) is 29.9. The summed E-state index contributed by atoms with van der Waals surface area (Å²) in [5.74, 6) is 5.42. The molecule has 8 aromatic carbocycles. The second kappa shape index (κ2) is 31.8. The smallest absolute Gasteiger partial charge is 0.249 e. The van der Waals surface area contributed by atoms with Gasteiger partial charge in [0, 0.05) is 68.2 Å². The normalized spacial score (nSPS) is 16.4. The number of rotatable bonds is 28. The molecule has 0 amide bonds. The fourth-order valence-electron chi connectivity index (χ4n) is 17.6. The van der Waals surface area contributed by atoms with Crippen molar-refractivity contribution in [3.8, 4) is 68.7 Å². The third-order valence-corrected chi connectivity index (χ3v) is 22.9. The van der Waals surface area contributed by atoms with Crippen molar-refractivity contribution in [1.82, 2.24) is 18.3 Å². The van der Waals surface area contributed by atoms with E-state index in [0.717, 1.165) is 238 Å². The van der Waals surface area contributed by atoms with Gasteiger partial charge in [0.05, 0.1) is 22.3 Å². The van der Waals surface area contributed by atoms with Gasteiger partial charge in [0.25, 0.3) is 0 Å². The number of hydrogen-bond acceptors (Lipinski definition) is 8. The average molecular weight is 1450 g/mol. The highest BCUT2D eigenvalue weighted by molar-refractivity contribution is 5.70. The maximum Gasteiger partial charge on any atom is 0.249 e. The van der Waals surface area contributed by atoms with Crippen LogP contribution in [0.5, 0.6) is 46.0 Å². The number of hydrogen-bond donors (Lipinski definition) is 0. The number of ether oxygens (including phenoxy) is 8. The molecule has 0 atom stereocenters. The van der Waals surface area contributed by atoms with Crippen molar-refractivity contribution in [3.05, 3.63) is 287 Å². The predicted octanol–water partition coefficient (Wildman–Crippen LogP) is 18.3. The van der Waals surface area contributed by atoms with Crippen molar-refractivity contribution in [2.75, 3.05) is 27.2 Å². The van der Waals surface area contributed by atoms with Gasteiger partial charge in [0.1, 0.15) is 144 Å². The van der Waals surface area contributed by atoms with Crippen LogP contribution >= 0.6 is 0 Å². The summed E-state index contributed by atoms with van der Waals surface area (Å²) < 4.78 is 78.0. The molecule has 0 spiro atoms. The van der Waals surface area contributed by atoms with E-state index >= 15 is 0 Å². The van der Waals surface area contributed by atoms with Crippen LogP contribution in [0, 0.1) is 0 Å². The van der Waals surface area contributed by atoms with Crippen LogP contribution in [0.4, 0.5) is 0 Å².